The molecule has 0 heterocycles. The molecule has 0 aromatic heterocycles. The summed E-state index contributed by atoms with van der Waals surface area (Å²) in [5, 5.41) is 22.2. The summed E-state index contributed by atoms with van der Waals surface area (Å²) in [7, 11) is 0. The molecular weight excluding hydrogens is 372 g/mol. The second kappa shape index (κ2) is 10.2. The van der Waals surface area contributed by atoms with Crippen LogP contribution >= 0.6 is 0 Å². The molecule has 0 fully saturated rings. The first-order chi connectivity index (χ1) is 13.9. The van der Waals surface area contributed by atoms with Crippen LogP contribution in [0.5, 0.6) is 0 Å². The summed E-state index contributed by atoms with van der Waals surface area (Å²) < 4.78 is 10.1. The second-order valence-electron chi connectivity index (χ2n) is 6.75. The van der Waals surface area contributed by atoms with Gasteiger partial charge in [0, 0.05) is 0 Å². The van der Waals surface area contributed by atoms with E-state index in [1.807, 2.05) is 0 Å². The normalized spacial score (nSPS) is 15.0. The van der Waals surface area contributed by atoms with Gasteiger partial charge >= 0.3 is 11.9 Å². The Bertz CT molecular complexity index is 724. The van der Waals surface area contributed by atoms with E-state index in [-0.39, 0.29) is 32.5 Å². The molecule has 0 saturated carbocycles. The lowest BCUT2D eigenvalue weighted by Gasteiger charge is -2.30. The SMILES string of the molecule is CCOC(=O)C(O)(CCCC(O)(C(=O)OCC)c1ccccc1)c1ccccc1. The van der Waals surface area contributed by atoms with Crippen molar-refractivity contribution in [1.82, 2.24) is 0 Å². The Kier molecular flexibility index (Phi) is 7.93. The number of esters is 2. The van der Waals surface area contributed by atoms with Crippen molar-refractivity contribution in [1.29, 1.82) is 0 Å². The monoisotopic (exact) mass is 400 g/mol. The molecule has 0 spiro atoms. The summed E-state index contributed by atoms with van der Waals surface area (Å²) in [5.41, 5.74) is -2.94. The minimum Gasteiger partial charge on any atom is -0.464 e. The quantitative estimate of drug-likeness (QED) is 0.596. The summed E-state index contributed by atoms with van der Waals surface area (Å²) >= 11 is 0. The zero-order chi connectivity index (χ0) is 21.3. The van der Waals surface area contributed by atoms with Crippen molar-refractivity contribution < 1.29 is 29.3 Å². The van der Waals surface area contributed by atoms with Crippen molar-refractivity contribution >= 4 is 11.9 Å². The van der Waals surface area contributed by atoms with E-state index in [9.17, 15) is 19.8 Å². The highest BCUT2D eigenvalue weighted by Gasteiger charge is 2.43. The number of carbonyl (C=O) groups excluding carboxylic acids is 2. The van der Waals surface area contributed by atoms with Crippen LogP contribution in [0.25, 0.3) is 0 Å². The lowest BCUT2D eigenvalue weighted by Crippen LogP contribution is -2.40. The lowest BCUT2D eigenvalue weighted by atomic mass is 9.83. The molecule has 0 bridgehead atoms. The van der Waals surface area contributed by atoms with E-state index in [2.05, 4.69) is 0 Å². The fraction of sp³-hybridized carbons (Fsp3) is 0.391. The first-order valence-corrected chi connectivity index (χ1v) is 9.78. The third-order valence-corrected chi connectivity index (χ3v) is 4.81. The van der Waals surface area contributed by atoms with Gasteiger partial charge in [0.25, 0.3) is 0 Å². The first-order valence-electron chi connectivity index (χ1n) is 9.78. The van der Waals surface area contributed by atoms with Crippen LogP contribution in [0.4, 0.5) is 0 Å². The van der Waals surface area contributed by atoms with Crippen LogP contribution in [-0.2, 0) is 30.3 Å². The van der Waals surface area contributed by atoms with Gasteiger partial charge in [0.2, 0.25) is 0 Å². The van der Waals surface area contributed by atoms with Crippen LogP contribution in [0.15, 0.2) is 60.7 Å². The van der Waals surface area contributed by atoms with E-state index in [4.69, 9.17) is 9.47 Å². The fourth-order valence-electron chi connectivity index (χ4n) is 3.26. The average Bonchev–Trinajstić information content (AvgIpc) is 2.75. The van der Waals surface area contributed by atoms with Crippen molar-refractivity contribution in [3.05, 3.63) is 71.8 Å². The number of carbonyl (C=O) groups is 2. The molecule has 0 aliphatic rings. The summed E-state index contributed by atoms with van der Waals surface area (Å²) in [6.07, 6.45) is 0.128. The number of benzene rings is 2. The van der Waals surface area contributed by atoms with E-state index in [0.717, 1.165) is 0 Å². The Morgan fingerprint density at radius 2 is 1.07 bits per heavy atom. The molecule has 2 atom stereocenters. The molecule has 29 heavy (non-hydrogen) atoms. The maximum atomic E-state index is 12.5. The first kappa shape index (κ1) is 22.6. The van der Waals surface area contributed by atoms with Crippen molar-refractivity contribution in [2.45, 2.75) is 44.3 Å². The van der Waals surface area contributed by atoms with E-state index < -0.39 is 23.1 Å². The van der Waals surface area contributed by atoms with Gasteiger partial charge in [0.15, 0.2) is 11.2 Å². The van der Waals surface area contributed by atoms with E-state index in [0.29, 0.717) is 11.1 Å². The van der Waals surface area contributed by atoms with Gasteiger partial charge in [-0.05, 0) is 44.2 Å². The number of hydrogen-bond acceptors (Lipinski definition) is 6. The van der Waals surface area contributed by atoms with Crippen molar-refractivity contribution in [2.75, 3.05) is 13.2 Å². The van der Waals surface area contributed by atoms with E-state index in [1.54, 1.807) is 74.5 Å². The Balaban J connectivity index is 2.25. The van der Waals surface area contributed by atoms with Crippen molar-refractivity contribution in [2.24, 2.45) is 0 Å². The molecule has 0 aliphatic carbocycles. The number of aliphatic hydroxyl groups is 2. The largest absolute Gasteiger partial charge is 0.464 e. The third-order valence-electron chi connectivity index (χ3n) is 4.81. The van der Waals surface area contributed by atoms with Crippen LogP contribution in [0.1, 0.15) is 44.2 Å². The molecule has 0 amide bonds. The summed E-state index contributed by atoms with van der Waals surface area (Å²) in [6, 6.07) is 17.0. The summed E-state index contributed by atoms with van der Waals surface area (Å²) in [5.74, 6) is -1.52. The van der Waals surface area contributed by atoms with Gasteiger partial charge in [-0.3, -0.25) is 0 Å². The number of ether oxygens (including phenoxy) is 2. The van der Waals surface area contributed by atoms with Crippen LogP contribution in [0.3, 0.4) is 0 Å². The van der Waals surface area contributed by atoms with Gasteiger partial charge in [-0.25, -0.2) is 9.59 Å². The summed E-state index contributed by atoms with van der Waals surface area (Å²) in [6.45, 7) is 3.59. The highest BCUT2D eigenvalue weighted by Crippen LogP contribution is 2.34. The molecular formula is C23H28O6. The predicted octanol–water partition coefficient (Wildman–Crippen LogP) is 3.06. The maximum absolute atomic E-state index is 12.5. The molecule has 156 valence electrons. The molecule has 0 aliphatic heterocycles. The van der Waals surface area contributed by atoms with Crippen LogP contribution < -0.4 is 0 Å². The van der Waals surface area contributed by atoms with Gasteiger partial charge in [-0.2, -0.15) is 0 Å². The zero-order valence-corrected chi connectivity index (χ0v) is 16.8. The topological polar surface area (TPSA) is 93.1 Å². The predicted molar refractivity (Wildman–Crippen MR) is 108 cm³/mol. The molecule has 2 N–H and O–H groups in total. The van der Waals surface area contributed by atoms with Crippen LogP contribution in [0.2, 0.25) is 0 Å². The highest BCUT2D eigenvalue weighted by atomic mass is 16.6. The third kappa shape index (κ3) is 5.22. The highest BCUT2D eigenvalue weighted by molar-refractivity contribution is 5.82. The number of rotatable bonds is 10. The molecule has 2 aromatic rings. The van der Waals surface area contributed by atoms with Gasteiger partial charge in [-0.1, -0.05) is 60.7 Å². The maximum Gasteiger partial charge on any atom is 0.342 e. The van der Waals surface area contributed by atoms with Gasteiger partial charge in [0.05, 0.1) is 13.2 Å². The smallest absolute Gasteiger partial charge is 0.342 e. The fourth-order valence-corrected chi connectivity index (χ4v) is 3.26. The molecule has 2 rings (SSSR count). The molecule has 0 saturated heterocycles. The van der Waals surface area contributed by atoms with Crippen molar-refractivity contribution in [3.8, 4) is 0 Å². The van der Waals surface area contributed by atoms with E-state index in [1.165, 1.54) is 0 Å². The zero-order valence-electron chi connectivity index (χ0n) is 16.8. The minimum absolute atomic E-state index is 0.0234. The Hall–Kier alpha value is -2.70. The molecule has 2 unspecified atom stereocenters. The molecule has 6 nitrogen and oxygen atoms in total. The van der Waals surface area contributed by atoms with Gasteiger partial charge in [0.1, 0.15) is 0 Å². The molecule has 0 radical (unpaired) electrons. The summed E-state index contributed by atoms with van der Waals surface area (Å²) in [4.78, 5) is 25.0. The van der Waals surface area contributed by atoms with Crippen molar-refractivity contribution in [3.63, 3.8) is 0 Å². The Morgan fingerprint density at radius 1 is 0.724 bits per heavy atom. The van der Waals surface area contributed by atoms with Gasteiger partial charge in [-0.15, -0.1) is 0 Å². The molecule has 6 heteroatoms. The average molecular weight is 400 g/mol. The van der Waals surface area contributed by atoms with Crippen LogP contribution in [0, 0.1) is 0 Å². The Morgan fingerprint density at radius 3 is 1.38 bits per heavy atom. The number of hydrogen-bond donors (Lipinski definition) is 2. The molecule has 2 aromatic carbocycles. The lowest BCUT2D eigenvalue weighted by molar-refractivity contribution is -0.170. The van der Waals surface area contributed by atoms with Gasteiger partial charge < -0.3 is 19.7 Å². The van der Waals surface area contributed by atoms with Crippen LogP contribution in [-0.4, -0.2) is 35.4 Å². The Labute approximate surface area is 171 Å². The second-order valence-corrected chi connectivity index (χ2v) is 6.75. The van der Waals surface area contributed by atoms with E-state index >= 15 is 0 Å². The minimum atomic E-state index is -1.87. The standard InChI is InChI=1S/C23H28O6/c1-3-28-20(24)22(26,18-12-7-5-8-13-18)16-11-17-23(27,21(25)29-4-2)19-14-9-6-10-15-19/h5-10,12-15,26-27H,3-4,11,16-17H2,1-2H3.